The van der Waals surface area contributed by atoms with Crippen LogP contribution in [0.1, 0.15) is 37.4 Å². The normalized spacial score (nSPS) is 13.5. The van der Waals surface area contributed by atoms with Crippen molar-refractivity contribution in [2.45, 2.75) is 30.7 Å². The Bertz CT molecular complexity index is 1350. The Kier molecular flexibility index (Phi) is 6.38. The number of anilines is 1. The van der Waals surface area contributed by atoms with Gasteiger partial charge in [-0.3, -0.25) is 4.79 Å². The number of fused-ring (bicyclic) bond motifs is 1. The van der Waals surface area contributed by atoms with Crippen molar-refractivity contribution in [1.82, 2.24) is 4.72 Å². The average molecular weight is 529 g/mol. The highest BCUT2D eigenvalue weighted by Gasteiger charge is 2.27. The molecule has 7 nitrogen and oxygen atoms in total. The van der Waals surface area contributed by atoms with Crippen LogP contribution in [0, 0.1) is 6.92 Å². The van der Waals surface area contributed by atoms with Gasteiger partial charge in [0.2, 0.25) is 10.0 Å². The van der Waals surface area contributed by atoms with Crippen LogP contribution >= 0.6 is 15.9 Å². The molecule has 33 heavy (non-hydrogen) atoms. The fraction of sp³-hybridized carbons (Fsp3) is 0.167. The summed E-state index contributed by atoms with van der Waals surface area (Å²) in [5.41, 5.74) is 2.99. The largest absolute Gasteiger partial charge is 0.478 e. The lowest BCUT2D eigenvalue weighted by molar-refractivity contribution is 0.0698. The van der Waals surface area contributed by atoms with Crippen molar-refractivity contribution in [3.05, 3.63) is 93.0 Å². The van der Waals surface area contributed by atoms with E-state index in [1.54, 1.807) is 19.1 Å². The number of amides is 1. The lowest BCUT2D eigenvalue weighted by Gasteiger charge is -2.15. The lowest BCUT2D eigenvalue weighted by Crippen LogP contribution is -2.35. The molecule has 4 rings (SSSR count). The molecule has 0 bridgehead atoms. The lowest BCUT2D eigenvalue weighted by atomic mass is 10.1. The van der Waals surface area contributed by atoms with E-state index in [0.29, 0.717) is 22.9 Å². The molecule has 170 valence electrons. The van der Waals surface area contributed by atoms with Crippen LogP contribution in [0.2, 0.25) is 0 Å². The SMILES string of the molecule is Cc1ccc(S(=O)(=O)NC2Cc3ccccc3C2)cc1C(=O)Nc1ccc(Br)cc1C(=O)O. The van der Waals surface area contributed by atoms with Crippen LogP contribution in [0.25, 0.3) is 0 Å². The van der Waals surface area contributed by atoms with Gasteiger partial charge in [0, 0.05) is 16.1 Å². The predicted octanol–water partition coefficient (Wildman–Crippen LogP) is 4.15. The molecule has 1 amide bonds. The van der Waals surface area contributed by atoms with Crippen LogP contribution in [0.3, 0.4) is 0 Å². The van der Waals surface area contributed by atoms with Gasteiger partial charge in [-0.25, -0.2) is 17.9 Å². The molecule has 0 heterocycles. The number of carbonyl (C=O) groups excluding carboxylic acids is 1. The number of benzene rings is 3. The van der Waals surface area contributed by atoms with Crippen molar-refractivity contribution in [2.75, 3.05) is 5.32 Å². The molecule has 0 unspecified atom stereocenters. The minimum Gasteiger partial charge on any atom is -0.478 e. The highest BCUT2D eigenvalue weighted by Crippen LogP contribution is 2.25. The molecule has 0 aromatic heterocycles. The van der Waals surface area contributed by atoms with Crippen molar-refractivity contribution in [3.8, 4) is 0 Å². The molecule has 3 N–H and O–H groups in total. The molecule has 0 atom stereocenters. The van der Waals surface area contributed by atoms with E-state index in [-0.39, 0.29) is 27.8 Å². The zero-order valence-electron chi connectivity index (χ0n) is 17.6. The third-order valence-corrected chi connectivity index (χ3v) is 7.61. The van der Waals surface area contributed by atoms with E-state index in [9.17, 15) is 23.1 Å². The van der Waals surface area contributed by atoms with Gasteiger partial charge in [-0.05, 0) is 66.8 Å². The van der Waals surface area contributed by atoms with Crippen molar-refractivity contribution in [1.29, 1.82) is 0 Å². The first-order valence-corrected chi connectivity index (χ1v) is 12.5. The summed E-state index contributed by atoms with van der Waals surface area (Å²) in [5, 5.41) is 12.0. The number of hydrogen-bond donors (Lipinski definition) is 3. The molecule has 0 fully saturated rings. The molecular formula is C24H21BrN2O5S. The monoisotopic (exact) mass is 528 g/mol. The number of aryl methyl sites for hydroxylation is 1. The fourth-order valence-electron chi connectivity index (χ4n) is 3.93. The summed E-state index contributed by atoms with van der Waals surface area (Å²) < 4.78 is 29.4. The second-order valence-electron chi connectivity index (χ2n) is 7.92. The van der Waals surface area contributed by atoms with Crippen molar-refractivity contribution >= 4 is 43.5 Å². The smallest absolute Gasteiger partial charge is 0.337 e. The maximum atomic E-state index is 13.0. The summed E-state index contributed by atoms with van der Waals surface area (Å²) in [6, 6.07) is 16.4. The van der Waals surface area contributed by atoms with Crippen LogP contribution in [0.4, 0.5) is 5.69 Å². The maximum absolute atomic E-state index is 13.0. The molecule has 0 saturated carbocycles. The maximum Gasteiger partial charge on any atom is 0.337 e. The summed E-state index contributed by atoms with van der Waals surface area (Å²) in [5.74, 6) is -1.79. The zero-order chi connectivity index (χ0) is 23.8. The molecule has 0 aliphatic heterocycles. The number of halogens is 1. The number of hydrogen-bond acceptors (Lipinski definition) is 4. The van der Waals surface area contributed by atoms with Crippen LogP contribution in [0.15, 0.2) is 70.0 Å². The average Bonchev–Trinajstić information content (AvgIpc) is 3.16. The molecule has 3 aromatic rings. The van der Waals surface area contributed by atoms with E-state index in [0.717, 1.165) is 11.1 Å². The van der Waals surface area contributed by atoms with Gasteiger partial charge in [0.1, 0.15) is 0 Å². The first-order valence-electron chi connectivity index (χ1n) is 10.2. The Balaban J connectivity index is 1.57. The van der Waals surface area contributed by atoms with E-state index in [1.807, 2.05) is 24.3 Å². The number of rotatable bonds is 6. The molecule has 3 aromatic carbocycles. The Morgan fingerprint density at radius 2 is 1.64 bits per heavy atom. The highest BCUT2D eigenvalue weighted by atomic mass is 79.9. The molecular weight excluding hydrogens is 508 g/mol. The summed E-state index contributed by atoms with van der Waals surface area (Å²) in [6.07, 6.45) is 1.21. The van der Waals surface area contributed by atoms with Gasteiger partial charge in [-0.2, -0.15) is 0 Å². The Labute approximate surface area is 200 Å². The van der Waals surface area contributed by atoms with Crippen molar-refractivity contribution < 1.29 is 23.1 Å². The standard InChI is InChI=1S/C24H21BrN2O5S/c1-14-6-8-19(33(31,32)27-18-10-15-4-2-3-5-16(15)11-18)13-20(14)23(28)26-22-9-7-17(25)12-21(22)24(29)30/h2-9,12-13,18,27H,10-11H2,1H3,(H,26,28)(H,29,30). The van der Waals surface area contributed by atoms with E-state index < -0.39 is 21.9 Å². The zero-order valence-corrected chi connectivity index (χ0v) is 20.0. The number of aromatic carboxylic acids is 1. The Morgan fingerprint density at radius 3 is 2.27 bits per heavy atom. The van der Waals surface area contributed by atoms with Gasteiger partial charge in [0.25, 0.3) is 5.91 Å². The van der Waals surface area contributed by atoms with E-state index in [1.165, 1.54) is 24.3 Å². The Morgan fingerprint density at radius 1 is 0.970 bits per heavy atom. The minimum atomic E-state index is -3.86. The van der Waals surface area contributed by atoms with Crippen LogP contribution in [0.5, 0.6) is 0 Å². The van der Waals surface area contributed by atoms with Gasteiger partial charge in [-0.15, -0.1) is 0 Å². The van der Waals surface area contributed by atoms with Gasteiger partial charge < -0.3 is 10.4 Å². The van der Waals surface area contributed by atoms with E-state index >= 15 is 0 Å². The second kappa shape index (κ2) is 9.09. The number of carboxylic acids is 1. The molecule has 1 aliphatic carbocycles. The Hall–Kier alpha value is -3.01. The summed E-state index contributed by atoms with van der Waals surface area (Å²) in [4.78, 5) is 24.4. The molecule has 1 aliphatic rings. The topological polar surface area (TPSA) is 113 Å². The van der Waals surface area contributed by atoms with Gasteiger partial charge in [0.05, 0.1) is 16.1 Å². The van der Waals surface area contributed by atoms with E-state index in [2.05, 4.69) is 26.0 Å². The molecule has 9 heteroatoms. The summed E-state index contributed by atoms with van der Waals surface area (Å²) in [6.45, 7) is 1.69. The number of carbonyl (C=O) groups is 2. The molecule has 0 spiro atoms. The van der Waals surface area contributed by atoms with Crippen LogP contribution < -0.4 is 10.0 Å². The third kappa shape index (κ3) is 5.00. The molecule has 0 saturated heterocycles. The first-order chi connectivity index (χ1) is 15.6. The fourth-order valence-corrected chi connectivity index (χ4v) is 5.56. The summed E-state index contributed by atoms with van der Waals surface area (Å²) >= 11 is 3.21. The number of nitrogens with one attached hydrogen (secondary N) is 2. The van der Waals surface area contributed by atoms with Crippen LogP contribution in [-0.2, 0) is 22.9 Å². The minimum absolute atomic E-state index is 0.0246. The predicted molar refractivity (Wildman–Crippen MR) is 128 cm³/mol. The number of carboxylic acid groups (broad SMARTS) is 1. The highest BCUT2D eigenvalue weighted by molar-refractivity contribution is 9.10. The van der Waals surface area contributed by atoms with Gasteiger partial charge >= 0.3 is 5.97 Å². The van der Waals surface area contributed by atoms with Crippen molar-refractivity contribution in [3.63, 3.8) is 0 Å². The van der Waals surface area contributed by atoms with Crippen molar-refractivity contribution in [2.24, 2.45) is 0 Å². The van der Waals surface area contributed by atoms with E-state index in [4.69, 9.17) is 0 Å². The van der Waals surface area contributed by atoms with Gasteiger partial charge in [0.15, 0.2) is 0 Å². The van der Waals surface area contributed by atoms with Gasteiger partial charge in [-0.1, -0.05) is 46.3 Å². The quantitative estimate of drug-likeness (QED) is 0.444. The third-order valence-electron chi connectivity index (χ3n) is 5.60. The first kappa shape index (κ1) is 23.2. The van der Waals surface area contributed by atoms with Crippen LogP contribution in [-0.4, -0.2) is 31.4 Å². The summed E-state index contributed by atoms with van der Waals surface area (Å²) in [7, 11) is -3.86. The second-order valence-corrected chi connectivity index (χ2v) is 10.6. The molecule has 0 radical (unpaired) electrons. The number of sulfonamides is 1.